The highest BCUT2D eigenvalue weighted by atomic mass is 15.1. The first-order valence-corrected chi connectivity index (χ1v) is 6.71. The second kappa shape index (κ2) is 6.17. The van der Waals surface area contributed by atoms with E-state index in [4.69, 9.17) is 5.73 Å². The SMILES string of the molecule is CN1CCCCC1CCn1ccnc1CCN. The van der Waals surface area contributed by atoms with Gasteiger partial charge in [-0.15, -0.1) is 0 Å². The van der Waals surface area contributed by atoms with Gasteiger partial charge in [0.2, 0.25) is 0 Å². The summed E-state index contributed by atoms with van der Waals surface area (Å²) in [6.45, 7) is 3.01. The van der Waals surface area contributed by atoms with Crippen molar-refractivity contribution >= 4 is 0 Å². The average molecular weight is 236 g/mol. The molecule has 96 valence electrons. The van der Waals surface area contributed by atoms with E-state index in [-0.39, 0.29) is 0 Å². The topological polar surface area (TPSA) is 47.1 Å². The van der Waals surface area contributed by atoms with Gasteiger partial charge < -0.3 is 15.2 Å². The Hall–Kier alpha value is -0.870. The fraction of sp³-hybridized carbons (Fsp3) is 0.769. The average Bonchev–Trinajstić information content (AvgIpc) is 2.76. The Bertz CT molecular complexity index is 334. The first-order valence-electron chi connectivity index (χ1n) is 6.71. The maximum absolute atomic E-state index is 5.59. The van der Waals surface area contributed by atoms with Gasteiger partial charge in [0, 0.05) is 31.4 Å². The van der Waals surface area contributed by atoms with E-state index in [0.29, 0.717) is 6.54 Å². The summed E-state index contributed by atoms with van der Waals surface area (Å²) >= 11 is 0. The molecule has 1 aromatic heterocycles. The van der Waals surface area contributed by atoms with E-state index in [1.165, 1.54) is 32.2 Å². The van der Waals surface area contributed by atoms with E-state index < -0.39 is 0 Å². The van der Waals surface area contributed by atoms with Crippen molar-refractivity contribution in [3.8, 4) is 0 Å². The van der Waals surface area contributed by atoms with Crippen LogP contribution >= 0.6 is 0 Å². The number of aromatic nitrogens is 2. The summed E-state index contributed by atoms with van der Waals surface area (Å²) in [6.07, 6.45) is 10.2. The molecular formula is C13H24N4. The van der Waals surface area contributed by atoms with Gasteiger partial charge in [-0.2, -0.15) is 0 Å². The number of aryl methyl sites for hydroxylation is 1. The predicted octanol–water partition coefficient (Wildman–Crippen LogP) is 1.26. The van der Waals surface area contributed by atoms with Crippen molar-refractivity contribution in [2.75, 3.05) is 20.1 Å². The lowest BCUT2D eigenvalue weighted by Gasteiger charge is -2.32. The van der Waals surface area contributed by atoms with Crippen molar-refractivity contribution in [3.05, 3.63) is 18.2 Å². The van der Waals surface area contributed by atoms with Gasteiger partial charge in [-0.3, -0.25) is 0 Å². The standard InChI is InChI=1S/C13H24N4/c1-16-9-3-2-4-12(16)6-10-17-11-8-15-13(17)5-7-14/h8,11-12H,2-7,9-10,14H2,1H3. The van der Waals surface area contributed by atoms with E-state index in [1.54, 1.807) is 0 Å². The number of imidazole rings is 1. The minimum atomic E-state index is 0.681. The second-order valence-corrected chi connectivity index (χ2v) is 4.99. The number of rotatable bonds is 5. The van der Waals surface area contributed by atoms with Gasteiger partial charge in [-0.05, 0) is 39.4 Å². The van der Waals surface area contributed by atoms with Gasteiger partial charge in [0.25, 0.3) is 0 Å². The van der Waals surface area contributed by atoms with Crippen molar-refractivity contribution in [2.24, 2.45) is 5.73 Å². The summed E-state index contributed by atoms with van der Waals surface area (Å²) in [4.78, 5) is 6.86. The molecule has 1 unspecified atom stereocenters. The second-order valence-electron chi connectivity index (χ2n) is 4.99. The van der Waals surface area contributed by atoms with Gasteiger partial charge in [-0.1, -0.05) is 6.42 Å². The van der Waals surface area contributed by atoms with Crippen molar-refractivity contribution in [1.29, 1.82) is 0 Å². The third-order valence-corrected chi connectivity index (χ3v) is 3.79. The molecule has 2 rings (SSSR count). The molecule has 17 heavy (non-hydrogen) atoms. The summed E-state index contributed by atoms with van der Waals surface area (Å²) in [7, 11) is 2.25. The zero-order chi connectivity index (χ0) is 12.1. The molecule has 1 aliphatic rings. The van der Waals surface area contributed by atoms with Crippen LogP contribution in [0.15, 0.2) is 12.4 Å². The molecule has 4 nitrogen and oxygen atoms in total. The Labute approximate surface area is 104 Å². The zero-order valence-corrected chi connectivity index (χ0v) is 10.8. The summed E-state index contributed by atoms with van der Waals surface area (Å²) in [5, 5.41) is 0. The molecule has 4 heteroatoms. The molecule has 1 fully saturated rings. The molecule has 2 heterocycles. The molecule has 0 spiro atoms. The van der Waals surface area contributed by atoms with Crippen molar-refractivity contribution in [1.82, 2.24) is 14.5 Å². The van der Waals surface area contributed by atoms with Crippen LogP contribution in [0.5, 0.6) is 0 Å². The number of nitrogens with zero attached hydrogens (tertiary/aromatic N) is 3. The van der Waals surface area contributed by atoms with Crippen molar-refractivity contribution < 1.29 is 0 Å². The van der Waals surface area contributed by atoms with Gasteiger partial charge in [0.05, 0.1) is 0 Å². The monoisotopic (exact) mass is 236 g/mol. The largest absolute Gasteiger partial charge is 0.335 e. The lowest BCUT2D eigenvalue weighted by atomic mass is 10.0. The van der Waals surface area contributed by atoms with Gasteiger partial charge in [-0.25, -0.2) is 4.98 Å². The number of piperidine rings is 1. The lowest BCUT2D eigenvalue weighted by Crippen LogP contribution is -2.36. The Morgan fingerprint density at radius 2 is 2.35 bits per heavy atom. The van der Waals surface area contributed by atoms with Crippen LogP contribution in [0.4, 0.5) is 0 Å². The van der Waals surface area contributed by atoms with Crippen LogP contribution in [0.1, 0.15) is 31.5 Å². The van der Waals surface area contributed by atoms with E-state index in [0.717, 1.165) is 24.8 Å². The molecule has 0 aromatic carbocycles. The minimum Gasteiger partial charge on any atom is -0.335 e. The van der Waals surface area contributed by atoms with Crippen LogP contribution < -0.4 is 5.73 Å². The third-order valence-electron chi connectivity index (χ3n) is 3.79. The Balaban J connectivity index is 1.86. The molecule has 1 saturated heterocycles. The Kier molecular flexibility index (Phi) is 4.57. The first-order chi connectivity index (χ1) is 8.31. The smallest absolute Gasteiger partial charge is 0.109 e. The maximum atomic E-state index is 5.59. The van der Waals surface area contributed by atoms with Crippen LogP contribution in [-0.2, 0) is 13.0 Å². The normalized spacial score (nSPS) is 21.9. The van der Waals surface area contributed by atoms with Gasteiger partial charge >= 0.3 is 0 Å². The molecular weight excluding hydrogens is 212 g/mol. The Morgan fingerprint density at radius 1 is 1.47 bits per heavy atom. The van der Waals surface area contributed by atoms with Crippen LogP contribution in [-0.4, -0.2) is 40.6 Å². The molecule has 2 N–H and O–H groups in total. The third kappa shape index (κ3) is 3.30. The van der Waals surface area contributed by atoms with Crippen LogP contribution in [0.3, 0.4) is 0 Å². The van der Waals surface area contributed by atoms with E-state index >= 15 is 0 Å². The highest BCUT2D eigenvalue weighted by molar-refractivity contribution is 4.93. The number of likely N-dealkylation sites (tertiary alicyclic amines) is 1. The molecule has 0 aliphatic carbocycles. The zero-order valence-electron chi connectivity index (χ0n) is 10.8. The van der Waals surface area contributed by atoms with E-state index in [9.17, 15) is 0 Å². The molecule has 0 bridgehead atoms. The van der Waals surface area contributed by atoms with Crippen molar-refractivity contribution in [3.63, 3.8) is 0 Å². The van der Waals surface area contributed by atoms with Crippen LogP contribution in [0, 0.1) is 0 Å². The maximum Gasteiger partial charge on any atom is 0.109 e. The van der Waals surface area contributed by atoms with E-state index in [2.05, 4.69) is 27.7 Å². The van der Waals surface area contributed by atoms with Gasteiger partial charge in [0.15, 0.2) is 0 Å². The van der Waals surface area contributed by atoms with Gasteiger partial charge in [0.1, 0.15) is 5.82 Å². The predicted molar refractivity (Wildman–Crippen MR) is 69.9 cm³/mol. The molecule has 1 atom stereocenters. The lowest BCUT2D eigenvalue weighted by molar-refractivity contribution is 0.171. The fourth-order valence-electron chi connectivity index (χ4n) is 2.70. The van der Waals surface area contributed by atoms with Crippen molar-refractivity contribution in [2.45, 2.75) is 44.7 Å². The summed E-state index contributed by atoms with van der Waals surface area (Å²) < 4.78 is 2.26. The summed E-state index contributed by atoms with van der Waals surface area (Å²) in [5.74, 6) is 1.13. The van der Waals surface area contributed by atoms with Crippen LogP contribution in [0.25, 0.3) is 0 Å². The fourth-order valence-corrected chi connectivity index (χ4v) is 2.70. The quantitative estimate of drug-likeness (QED) is 0.837. The minimum absolute atomic E-state index is 0.681. The molecule has 1 aromatic rings. The van der Waals surface area contributed by atoms with E-state index in [1.807, 2.05) is 6.20 Å². The molecule has 0 saturated carbocycles. The number of hydrogen-bond donors (Lipinski definition) is 1. The highest BCUT2D eigenvalue weighted by Crippen LogP contribution is 2.18. The highest BCUT2D eigenvalue weighted by Gasteiger charge is 2.18. The number of nitrogens with two attached hydrogens (primary N) is 1. The summed E-state index contributed by atoms with van der Waals surface area (Å²) in [5.41, 5.74) is 5.59. The van der Waals surface area contributed by atoms with Crippen LogP contribution in [0.2, 0.25) is 0 Å². The summed E-state index contributed by atoms with van der Waals surface area (Å²) in [6, 6.07) is 0.747. The first kappa shape index (κ1) is 12.6. The number of hydrogen-bond acceptors (Lipinski definition) is 3. The molecule has 0 amide bonds. The molecule has 1 aliphatic heterocycles. The molecule has 0 radical (unpaired) electrons. The Morgan fingerprint density at radius 3 is 3.12 bits per heavy atom.